The fourth-order valence-corrected chi connectivity index (χ4v) is 4.85. The Morgan fingerprint density at radius 3 is 2.09 bits per heavy atom. The van der Waals surface area contributed by atoms with Crippen LogP contribution in [0.4, 0.5) is 0 Å². The number of hydrogen-bond donors (Lipinski definition) is 0. The molecule has 0 aliphatic carbocycles. The smallest absolute Gasteiger partial charge is 0.115 e. The Bertz CT molecular complexity index is 1470. The first-order chi connectivity index (χ1) is 15.9. The zero-order valence-corrected chi connectivity index (χ0v) is 20.6. The van der Waals surface area contributed by atoms with Gasteiger partial charge in [0.25, 0.3) is 0 Å². The summed E-state index contributed by atoms with van der Waals surface area (Å²) < 4.78 is 3.13. The van der Waals surface area contributed by atoms with Crippen LogP contribution < -0.4 is 0 Å². The van der Waals surface area contributed by atoms with Crippen LogP contribution in [0.25, 0.3) is 49.5 Å². The minimum atomic E-state index is 0. The molecule has 2 heterocycles. The molecule has 33 heavy (non-hydrogen) atoms. The normalized spacial score (nSPS) is 10.8. The summed E-state index contributed by atoms with van der Waals surface area (Å²) in [6.07, 6.45) is 1.79. The van der Waals surface area contributed by atoms with Crippen LogP contribution in [0, 0.1) is 6.07 Å². The number of benzene rings is 4. The molecular weight excluding hydrogens is 605 g/mol. The molecule has 6 rings (SSSR count). The second kappa shape index (κ2) is 9.20. The maximum absolute atomic E-state index is 4.52. The summed E-state index contributed by atoms with van der Waals surface area (Å²) in [5, 5.41) is 8.84. The van der Waals surface area contributed by atoms with Crippen molar-refractivity contribution in [3.8, 4) is 39.3 Å². The summed E-state index contributed by atoms with van der Waals surface area (Å²) >= 11 is 1.59. The summed E-state index contributed by atoms with van der Waals surface area (Å²) in [4.78, 5) is 4.46. The minimum absolute atomic E-state index is 0. The molecule has 0 unspecified atom stereocenters. The molecule has 6 heteroatoms. The second-order valence-electron chi connectivity index (χ2n) is 7.38. The van der Waals surface area contributed by atoms with E-state index < -0.39 is 0 Å². The van der Waals surface area contributed by atoms with Crippen molar-refractivity contribution in [2.24, 2.45) is 0 Å². The fourth-order valence-electron chi connectivity index (χ4n) is 4.07. The van der Waals surface area contributed by atoms with Gasteiger partial charge in [0.05, 0.1) is 17.0 Å². The molecule has 1 radical (unpaired) electrons. The van der Waals surface area contributed by atoms with Gasteiger partial charge in [0.15, 0.2) is 0 Å². The van der Waals surface area contributed by atoms with E-state index in [2.05, 4.69) is 92.5 Å². The van der Waals surface area contributed by atoms with Gasteiger partial charge in [-0.1, -0.05) is 84.4 Å². The van der Waals surface area contributed by atoms with Gasteiger partial charge in [-0.05, 0) is 21.3 Å². The Labute approximate surface area is 209 Å². The van der Waals surface area contributed by atoms with Gasteiger partial charge in [0.1, 0.15) is 6.33 Å². The summed E-state index contributed by atoms with van der Waals surface area (Å²) in [7, 11) is 0. The number of aromatic nitrogens is 4. The third-order valence-corrected chi connectivity index (χ3v) is 6.37. The topological polar surface area (TPSA) is 43.6 Å². The van der Waals surface area contributed by atoms with Gasteiger partial charge in [-0.3, -0.25) is 4.98 Å². The van der Waals surface area contributed by atoms with Crippen molar-refractivity contribution in [3.05, 3.63) is 109 Å². The molecule has 4 nitrogen and oxygen atoms in total. The van der Waals surface area contributed by atoms with E-state index in [1.54, 1.807) is 17.7 Å². The predicted molar refractivity (Wildman–Crippen MR) is 130 cm³/mol. The van der Waals surface area contributed by atoms with Gasteiger partial charge in [-0.2, -0.15) is 16.4 Å². The van der Waals surface area contributed by atoms with E-state index in [4.69, 9.17) is 0 Å². The molecule has 0 amide bonds. The molecule has 0 bridgehead atoms. The third kappa shape index (κ3) is 3.83. The molecule has 0 aliphatic rings. The monoisotopic (exact) mass is 622 g/mol. The second-order valence-corrected chi connectivity index (χ2v) is 8.23. The molecule has 0 spiro atoms. The molecule has 161 valence electrons. The van der Waals surface area contributed by atoms with Crippen LogP contribution in [-0.4, -0.2) is 19.7 Å². The average molecular weight is 622 g/mol. The van der Waals surface area contributed by atoms with E-state index in [0.717, 1.165) is 49.5 Å². The van der Waals surface area contributed by atoms with E-state index in [1.807, 2.05) is 29.8 Å². The van der Waals surface area contributed by atoms with Gasteiger partial charge in [0.2, 0.25) is 0 Å². The molecule has 2 aromatic heterocycles. The standard InChI is InChI=1S/C27H17N4S.Ir/c1-3-9-19(10-4-1)21-13-7-14-22(20-11-5-2-6-12-20)25(21)31-17-29-30-27(31)23-15-8-16-24-26(23)32-18-28-24;/h1-14,16-18H;/q-1;. The van der Waals surface area contributed by atoms with Crippen LogP contribution in [0.2, 0.25) is 0 Å². The molecule has 0 atom stereocenters. The van der Waals surface area contributed by atoms with Crippen LogP contribution in [0.1, 0.15) is 0 Å². The minimum Gasteiger partial charge on any atom is -0.322 e. The SMILES string of the molecule is [Ir].[c-]1ccc2ncsc2c1-c1nncn1-c1c(-c2ccccc2)cccc1-c1ccccc1. The molecule has 0 aliphatic heterocycles. The van der Waals surface area contributed by atoms with Crippen LogP contribution in [0.3, 0.4) is 0 Å². The van der Waals surface area contributed by atoms with Crippen molar-refractivity contribution in [3.63, 3.8) is 0 Å². The first-order valence-corrected chi connectivity index (χ1v) is 11.2. The van der Waals surface area contributed by atoms with E-state index in [1.165, 1.54) is 0 Å². The Hall–Kier alpha value is -3.44. The molecule has 0 N–H and O–H groups in total. The molecule has 4 aromatic carbocycles. The maximum Gasteiger partial charge on any atom is 0.115 e. The fraction of sp³-hybridized carbons (Fsp3) is 0. The van der Waals surface area contributed by atoms with Crippen molar-refractivity contribution in [1.29, 1.82) is 0 Å². The van der Waals surface area contributed by atoms with E-state index in [-0.39, 0.29) is 20.1 Å². The molecule has 6 aromatic rings. The van der Waals surface area contributed by atoms with Crippen molar-refractivity contribution in [2.75, 3.05) is 0 Å². The third-order valence-electron chi connectivity index (χ3n) is 5.51. The molecule has 0 saturated carbocycles. The first kappa shape index (κ1) is 21.4. The largest absolute Gasteiger partial charge is 0.322 e. The number of hydrogen-bond acceptors (Lipinski definition) is 4. The van der Waals surface area contributed by atoms with Crippen LogP contribution >= 0.6 is 11.3 Å². The summed E-state index contributed by atoms with van der Waals surface area (Å²) in [6.45, 7) is 0. The van der Waals surface area contributed by atoms with E-state index in [0.29, 0.717) is 0 Å². The zero-order valence-electron chi connectivity index (χ0n) is 17.3. The van der Waals surface area contributed by atoms with Gasteiger partial charge in [-0.25, -0.2) is 0 Å². The van der Waals surface area contributed by atoms with Crippen molar-refractivity contribution >= 4 is 21.6 Å². The maximum atomic E-state index is 4.52. The zero-order chi connectivity index (χ0) is 21.3. The van der Waals surface area contributed by atoms with Gasteiger partial charge >= 0.3 is 0 Å². The van der Waals surface area contributed by atoms with Crippen molar-refractivity contribution in [2.45, 2.75) is 0 Å². The number of thiazole rings is 1. The van der Waals surface area contributed by atoms with Crippen molar-refractivity contribution in [1.82, 2.24) is 19.7 Å². The summed E-state index contributed by atoms with van der Waals surface area (Å²) in [5.74, 6) is 0.750. The van der Waals surface area contributed by atoms with Gasteiger partial charge in [-0.15, -0.1) is 23.3 Å². The van der Waals surface area contributed by atoms with E-state index >= 15 is 0 Å². The average Bonchev–Trinajstić information content (AvgIpc) is 3.54. The first-order valence-electron chi connectivity index (χ1n) is 10.3. The molecule has 0 saturated heterocycles. The van der Waals surface area contributed by atoms with Crippen LogP contribution in [0.15, 0.2) is 103 Å². The van der Waals surface area contributed by atoms with Gasteiger partial charge in [0, 0.05) is 31.2 Å². The Kier molecular flexibility index (Phi) is 5.97. The number of rotatable bonds is 4. The molecular formula is C27H17IrN4S-. The van der Waals surface area contributed by atoms with Gasteiger partial charge < -0.3 is 4.57 Å². The Morgan fingerprint density at radius 2 is 1.42 bits per heavy atom. The number of fused-ring (bicyclic) bond motifs is 1. The Morgan fingerprint density at radius 1 is 0.758 bits per heavy atom. The summed E-state index contributed by atoms with van der Waals surface area (Å²) in [6, 6.07) is 34.5. The predicted octanol–water partition coefficient (Wildman–Crippen LogP) is 6.68. The van der Waals surface area contributed by atoms with Crippen molar-refractivity contribution < 1.29 is 20.1 Å². The summed E-state index contributed by atoms with van der Waals surface area (Å²) in [5.41, 5.74) is 9.26. The number of para-hydroxylation sites is 1. The van der Waals surface area contributed by atoms with Crippen LogP contribution in [-0.2, 0) is 20.1 Å². The van der Waals surface area contributed by atoms with Crippen LogP contribution in [0.5, 0.6) is 0 Å². The van der Waals surface area contributed by atoms with E-state index in [9.17, 15) is 0 Å². The Balaban J connectivity index is 0.00000228. The molecule has 0 fully saturated rings. The quantitative estimate of drug-likeness (QED) is 0.207. The number of nitrogens with zero attached hydrogens (tertiary/aromatic N) is 4.